The van der Waals surface area contributed by atoms with Gasteiger partial charge >= 0.3 is 5.97 Å². The summed E-state index contributed by atoms with van der Waals surface area (Å²) in [5.41, 5.74) is 0.0595. The lowest BCUT2D eigenvalue weighted by molar-refractivity contribution is 0.0690. The lowest BCUT2D eigenvalue weighted by Gasteiger charge is -2.33. The normalized spacial score (nSPS) is 20.3. The second-order valence-corrected chi connectivity index (χ2v) is 4.40. The van der Waals surface area contributed by atoms with Crippen LogP contribution in [0.1, 0.15) is 36.7 Å². The van der Waals surface area contributed by atoms with Crippen molar-refractivity contribution in [3.63, 3.8) is 0 Å². The number of rotatable bonds is 3. The van der Waals surface area contributed by atoms with Crippen molar-refractivity contribution in [2.45, 2.75) is 26.2 Å². The first-order chi connectivity index (χ1) is 8.22. The van der Waals surface area contributed by atoms with Gasteiger partial charge in [0.1, 0.15) is 0 Å². The molecular formula is C12H17N3O2. The molecule has 17 heavy (non-hydrogen) atoms. The number of nitrogens with zero attached hydrogens (tertiary/aromatic N) is 3. The molecule has 1 aliphatic heterocycles. The SMILES string of the molecule is CCC1CCCN(c2nccnc2C(=O)O)C1. The highest BCUT2D eigenvalue weighted by atomic mass is 16.4. The third-order valence-corrected chi connectivity index (χ3v) is 3.28. The van der Waals surface area contributed by atoms with Crippen molar-refractivity contribution in [2.75, 3.05) is 18.0 Å². The van der Waals surface area contributed by atoms with Gasteiger partial charge in [-0.25, -0.2) is 14.8 Å². The number of carbonyl (C=O) groups is 1. The standard InChI is InChI=1S/C12H17N3O2/c1-2-9-4-3-7-15(8-9)11-10(12(16)17)13-5-6-14-11/h5-6,9H,2-4,7-8H2,1H3,(H,16,17). The second kappa shape index (κ2) is 5.12. The first kappa shape index (κ1) is 11.8. The summed E-state index contributed by atoms with van der Waals surface area (Å²) in [5, 5.41) is 9.09. The molecule has 0 amide bonds. The maximum atomic E-state index is 11.1. The zero-order valence-corrected chi connectivity index (χ0v) is 9.96. The fraction of sp³-hybridized carbons (Fsp3) is 0.583. The van der Waals surface area contributed by atoms with Gasteiger partial charge in [-0.3, -0.25) is 0 Å². The van der Waals surface area contributed by atoms with E-state index in [1.54, 1.807) is 6.20 Å². The number of hydrogen-bond acceptors (Lipinski definition) is 4. The number of anilines is 1. The van der Waals surface area contributed by atoms with E-state index in [1.807, 2.05) is 4.90 Å². The molecule has 0 bridgehead atoms. The van der Waals surface area contributed by atoms with Crippen LogP contribution in [0.15, 0.2) is 12.4 Å². The van der Waals surface area contributed by atoms with Crippen LogP contribution in [-0.4, -0.2) is 34.1 Å². The highest BCUT2D eigenvalue weighted by molar-refractivity contribution is 5.90. The molecule has 0 aliphatic carbocycles. The molecule has 0 aromatic carbocycles. The molecule has 92 valence electrons. The molecule has 5 heteroatoms. The van der Waals surface area contributed by atoms with E-state index < -0.39 is 5.97 Å². The highest BCUT2D eigenvalue weighted by Gasteiger charge is 2.24. The summed E-state index contributed by atoms with van der Waals surface area (Å²) in [7, 11) is 0. The van der Waals surface area contributed by atoms with Crippen molar-refractivity contribution in [3.05, 3.63) is 18.1 Å². The van der Waals surface area contributed by atoms with Gasteiger partial charge in [-0.2, -0.15) is 0 Å². The summed E-state index contributed by atoms with van der Waals surface area (Å²) >= 11 is 0. The molecule has 0 spiro atoms. The lowest BCUT2D eigenvalue weighted by atomic mass is 9.95. The first-order valence-electron chi connectivity index (χ1n) is 6.01. The summed E-state index contributed by atoms with van der Waals surface area (Å²) in [5.74, 6) is 0.136. The molecule has 1 aromatic rings. The maximum absolute atomic E-state index is 11.1. The Balaban J connectivity index is 2.24. The summed E-state index contributed by atoms with van der Waals surface area (Å²) in [4.78, 5) is 21.2. The molecule has 5 nitrogen and oxygen atoms in total. The Kier molecular flexibility index (Phi) is 3.56. The van der Waals surface area contributed by atoms with E-state index in [4.69, 9.17) is 5.11 Å². The summed E-state index contributed by atoms with van der Waals surface area (Å²) < 4.78 is 0. The maximum Gasteiger partial charge on any atom is 0.358 e. The van der Waals surface area contributed by atoms with Crippen LogP contribution in [0.5, 0.6) is 0 Å². The van der Waals surface area contributed by atoms with Crippen LogP contribution in [0.3, 0.4) is 0 Å². The lowest BCUT2D eigenvalue weighted by Crippen LogP contribution is -2.36. The van der Waals surface area contributed by atoms with Gasteiger partial charge in [-0.1, -0.05) is 13.3 Å². The molecule has 1 saturated heterocycles. The van der Waals surface area contributed by atoms with E-state index in [0.717, 1.165) is 25.9 Å². The Morgan fingerprint density at radius 2 is 2.29 bits per heavy atom. The van der Waals surface area contributed by atoms with Crippen molar-refractivity contribution < 1.29 is 9.90 Å². The predicted octanol–water partition coefficient (Wildman–Crippen LogP) is 1.80. The van der Waals surface area contributed by atoms with Crippen LogP contribution in [-0.2, 0) is 0 Å². The van der Waals surface area contributed by atoms with Gasteiger partial charge < -0.3 is 10.0 Å². The van der Waals surface area contributed by atoms with Gasteiger partial charge in [0, 0.05) is 25.5 Å². The third-order valence-electron chi connectivity index (χ3n) is 3.28. The number of aromatic nitrogens is 2. The van der Waals surface area contributed by atoms with Gasteiger partial charge in [0.15, 0.2) is 11.5 Å². The quantitative estimate of drug-likeness (QED) is 0.865. The number of piperidine rings is 1. The Bertz CT molecular complexity index is 408. The predicted molar refractivity (Wildman–Crippen MR) is 64.2 cm³/mol. The molecule has 1 unspecified atom stereocenters. The number of aromatic carboxylic acids is 1. The Labute approximate surface area is 100 Å². The average Bonchev–Trinajstić information content (AvgIpc) is 2.39. The zero-order chi connectivity index (χ0) is 12.3. The van der Waals surface area contributed by atoms with Gasteiger partial charge in [-0.05, 0) is 18.8 Å². The molecule has 0 radical (unpaired) electrons. The highest BCUT2D eigenvalue weighted by Crippen LogP contribution is 2.24. The molecule has 2 heterocycles. The minimum absolute atomic E-state index is 0.0595. The summed E-state index contributed by atoms with van der Waals surface area (Å²) in [6.07, 6.45) is 6.41. The van der Waals surface area contributed by atoms with Crippen LogP contribution in [0, 0.1) is 5.92 Å². The summed E-state index contributed by atoms with van der Waals surface area (Å²) in [6.45, 7) is 3.92. The van der Waals surface area contributed by atoms with Crippen molar-refractivity contribution in [3.8, 4) is 0 Å². The largest absolute Gasteiger partial charge is 0.476 e. The van der Waals surface area contributed by atoms with Gasteiger partial charge in [-0.15, -0.1) is 0 Å². The molecule has 1 fully saturated rings. The fourth-order valence-electron chi connectivity index (χ4n) is 2.30. The molecule has 1 aromatic heterocycles. The van der Waals surface area contributed by atoms with Gasteiger partial charge in [0.25, 0.3) is 0 Å². The Hall–Kier alpha value is -1.65. The first-order valence-corrected chi connectivity index (χ1v) is 6.01. The molecule has 1 atom stereocenters. The van der Waals surface area contributed by atoms with E-state index in [1.165, 1.54) is 12.6 Å². The number of hydrogen-bond donors (Lipinski definition) is 1. The molecular weight excluding hydrogens is 218 g/mol. The van der Waals surface area contributed by atoms with Crippen molar-refractivity contribution in [2.24, 2.45) is 5.92 Å². The molecule has 0 saturated carbocycles. The van der Waals surface area contributed by atoms with Crippen LogP contribution >= 0.6 is 0 Å². The van der Waals surface area contributed by atoms with Crippen LogP contribution < -0.4 is 4.90 Å². The van der Waals surface area contributed by atoms with E-state index >= 15 is 0 Å². The van der Waals surface area contributed by atoms with Gasteiger partial charge in [0.2, 0.25) is 0 Å². The summed E-state index contributed by atoms with van der Waals surface area (Å²) in [6, 6.07) is 0. The minimum Gasteiger partial charge on any atom is -0.476 e. The van der Waals surface area contributed by atoms with E-state index in [0.29, 0.717) is 11.7 Å². The fourth-order valence-corrected chi connectivity index (χ4v) is 2.30. The van der Waals surface area contributed by atoms with E-state index in [2.05, 4.69) is 16.9 Å². The van der Waals surface area contributed by atoms with Crippen LogP contribution in [0.2, 0.25) is 0 Å². The minimum atomic E-state index is -1.01. The zero-order valence-electron chi connectivity index (χ0n) is 9.96. The van der Waals surface area contributed by atoms with E-state index in [9.17, 15) is 4.79 Å². The van der Waals surface area contributed by atoms with Crippen LogP contribution in [0.25, 0.3) is 0 Å². The van der Waals surface area contributed by atoms with Crippen LogP contribution in [0.4, 0.5) is 5.82 Å². The smallest absolute Gasteiger partial charge is 0.358 e. The average molecular weight is 235 g/mol. The van der Waals surface area contributed by atoms with E-state index in [-0.39, 0.29) is 5.69 Å². The molecule has 2 rings (SSSR count). The van der Waals surface area contributed by atoms with Crippen molar-refractivity contribution >= 4 is 11.8 Å². The molecule has 1 aliphatic rings. The number of carboxylic acids is 1. The number of carboxylic acid groups (broad SMARTS) is 1. The third kappa shape index (κ3) is 2.54. The van der Waals surface area contributed by atoms with Gasteiger partial charge in [0.05, 0.1) is 0 Å². The Morgan fingerprint density at radius 1 is 1.53 bits per heavy atom. The van der Waals surface area contributed by atoms with Crippen molar-refractivity contribution in [1.29, 1.82) is 0 Å². The monoisotopic (exact) mass is 235 g/mol. The molecule has 1 N–H and O–H groups in total. The second-order valence-electron chi connectivity index (χ2n) is 4.40. The Morgan fingerprint density at radius 3 is 3.00 bits per heavy atom. The van der Waals surface area contributed by atoms with Crippen molar-refractivity contribution in [1.82, 2.24) is 9.97 Å². The topological polar surface area (TPSA) is 66.3 Å².